The molecule has 0 unspecified atom stereocenters. The summed E-state index contributed by atoms with van der Waals surface area (Å²) in [6.45, 7) is 7.21. The molecular weight excluding hydrogens is 288 g/mol. The van der Waals surface area contributed by atoms with Crippen LogP contribution in [0.1, 0.15) is 55.2 Å². The van der Waals surface area contributed by atoms with Crippen LogP contribution in [0.5, 0.6) is 5.75 Å². The van der Waals surface area contributed by atoms with E-state index in [2.05, 4.69) is 43.5 Å². The molecule has 1 aliphatic rings. The van der Waals surface area contributed by atoms with Gasteiger partial charge in [-0.15, -0.1) is 0 Å². The Bertz CT molecular complexity index is 497. The number of carbonyl (C=O) groups is 1. The molecule has 1 aromatic carbocycles. The van der Waals surface area contributed by atoms with Crippen molar-refractivity contribution in [2.75, 3.05) is 13.2 Å². The second-order valence-electron chi connectivity index (χ2n) is 6.67. The Balaban J connectivity index is 1.69. The Morgan fingerprint density at radius 1 is 1.09 bits per heavy atom. The Hall–Kier alpha value is -1.71. The highest BCUT2D eigenvalue weighted by atomic mass is 16.5. The van der Waals surface area contributed by atoms with E-state index >= 15 is 0 Å². The first-order chi connectivity index (χ1) is 11.1. The van der Waals surface area contributed by atoms with Gasteiger partial charge in [0.15, 0.2) is 0 Å². The van der Waals surface area contributed by atoms with Crippen LogP contribution in [0.25, 0.3) is 0 Å². The molecule has 1 aromatic rings. The van der Waals surface area contributed by atoms with E-state index in [-0.39, 0.29) is 6.03 Å². The summed E-state index contributed by atoms with van der Waals surface area (Å²) in [5.41, 5.74) is 3.53. The lowest BCUT2D eigenvalue weighted by atomic mass is 10.1. The number of rotatable bonds is 5. The second-order valence-corrected chi connectivity index (χ2v) is 6.67. The van der Waals surface area contributed by atoms with Crippen molar-refractivity contribution in [2.24, 2.45) is 0 Å². The molecule has 0 atom stereocenters. The molecule has 0 aliphatic heterocycles. The first-order valence-corrected chi connectivity index (χ1v) is 8.81. The summed E-state index contributed by atoms with van der Waals surface area (Å²) in [5.74, 6) is 0.932. The van der Waals surface area contributed by atoms with E-state index in [1.54, 1.807) is 0 Å². The number of ether oxygens (including phenoxy) is 1. The Labute approximate surface area is 140 Å². The fraction of sp³-hybridized carbons (Fsp3) is 0.632. The number of amides is 2. The summed E-state index contributed by atoms with van der Waals surface area (Å²) in [6.07, 6.45) is 7.24. The topological polar surface area (TPSA) is 50.4 Å². The monoisotopic (exact) mass is 318 g/mol. The maximum Gasteiger partial charge on any atom is 0.315 e. The molecule has 2 N–H and O–H groups in total. The van der Waals surface area contributed by atoms with Crippen molar-refractivity contribution in [1.29, 1.82) is 0 Å². The molecule has 23 heavy (non-hydrogen) atoms. The van der Waals surface area contributed by atoms with E-state index in [1.807, 2.05) is 0 Å². The summed E-state index contributed by atoms with van der Waals surface area (Å²) >= 11 is 0. The van der Waals surface area contributed by atoms with Gasteiger partial charge < -0.3 is 15.4 Å². The van der Waals surface area contributed by atoms with E-state index < -0.39 is 0 Å². The average molecular weight is 318 g/mol. The number of carbonyl (C=O) groups excluding carboxylic acids is 1. The van der Waals surface area contributed by atoms with Crippen LogP contribution in [-0.4, -0.2) is 25.2 Å². The number of benzene rings is 1. The molecule has 1 fully saturated rings. The zero-order chi connectivity index (χ0) is 16.7. The van der Waals surface area contributed by atoms with Crippen molar-refractivity contribution >= 4 is 6.03 Å². The van der Waals surface area contributed by atoms with Crippen LogP contribution in [0.3, 0.4) is 0 Å². The predicted octanol–water partition coefficient (Wildman–Crippen LogP) is 4.01. The van der Waals surface area contributed by atoms with Crippen molar-refractivity contribution in [3.05, 3.63) is 28.8 Å². The van der Waals surface area contributed by atoms with E-state index in [1.165, 1.54) is 31.2 Å². The third kappa shape index (κ3) is 5.77. The van der Waals surface area contributed by atoms with Gasteiger partial charge in [0, 0.05) is 6.04 Å². The van der Waals surface area contributed by atoms with Crippen molar-refractivity contribution in [2.45, 2.75) is 65.3 Å². The zero-order valence-corrected chi connectivity index (χ0v) is 14.7. The lowest BCUT2D eigenvalue weighted by Crippen LogP contribution is -2.43. The molecule has 2 amide bonds. The van der Waals surface area contributed by atoms with Crippen LogP contribution in [0.4, 0.5) is 4.79 Å². The molecule has 4 heteroatoms. The minimum atomic E-state index is -0.0714. The van der Waals surface area contributed by atoms with Gasteiger partial charge in [-0.2, -0.15) is 0 Å². The van der Waals surface area contributed by atoms with E-state index in [0.717, 1.165) is 29.7 Å². The zero-order valence-electron chi connectivity index (χ0n) is 14.7. The summed E-state index contributed by atoms with van der Waals surface area (Å²) in [6, 6.07) is 4.50. The molecule has 0 saturated heterocycles. The van der Waals surface area contributed by atoms with Gasteiger partial charge in [-0.3, -0.25) is 0 Å². The van der Waals surface area contributed by atoms with E-state index in [4.69, 9.17) is 4.74 Å². The van der Waals surface area contributed by atoms with Crippen LogP contribution in [0, 0.1) is 20.8 Å². The highest BCUT2D eigenvalue weighted by Gasteiger charge is 2.14. The van der Waals surface area contributed by atoms with Crippen molar-refractivity contribution in [1.82, 2.24) is 10.6 Å². The predicted molar refractivity (Wildman–Crippen MR) is 94.2 cm³/mol. The molecule has 4 nitrogen and oxygen atoms in total. The maximum atomic E-state index is 11.9. The Morgan fingerprint density at radius 2 is 1.70 bits per heavy atom. The highest BCUT2D eigenvalue weighted by molar-refractivity contribution is 5.74. The summed E-state index contributed by atoms with van der Waals surface area (Å²) < 4.78 is 5.84. The number of hydrogen-bond acceptors (Lipinski definition) is 2. The van der Waals surface area contributed by atoms with Gasteiger partial charge in [-0.05, 0) is 44.7 Å². The van der Waals surface area contributed by atoms with Crippen LogP contribution < -0.4 is 15.4 Å². The molecule has 1 aliphatic carbocycles. The molecule has 0 radical (unpaired) electrons. The van der Waals surface area contributed by atoms with Crippen LogP contribution >= 0.6 is 0 Å². The van der Waals surface area contributed by atoms with Gasteiger partial charge in [0.25, 0.3) is 0 Å². The largest absolute Gasteiger partial charge is 0.491 e. The second kappa shape index (κ2) is 8.80. The number of hydrogen-bond donors (Lipinski definition) is 2. The smallest absolute Gasteiger partial charge is 0.315 e. The van der Waals surface area contributed by atoms with Crippen molar-refractivity contribution in [3.63, 3.8) is 0 Å². The van der Waals surface area contributed by atoms with Crippen LogP contribution in [-0.2, 0) is 0 Å². The normalized spacial score (nSPS) is 15.8. The minimum Gasteiger partial charge on any atom is -0.491 e. The van der Waals surface area contributed by atoms with Gasteiger partial charge in [-0.25, -0.2) is 4.79 Å². The van der Waals surface area contributed by atoms with Gasteiger partial charge >= 0.3 is 6.03 Å². The third-order valence-electron chi connectivity index (χ3n) is 4.43. The SMILES string of the molecule is Cc1cc(C)c(OCCNC(=O)NC2CCCCCC2)c(C)c1. The van der Waals surface area contributed by atoms with E-state index in [9.17, 15) is 4.79 Å². The van der Waals surface area contributed by atoms with Gasteiger partial charge in [0.2, 0.25) is 0 Å². The summed E-state index contributed by atoms with van der Waals surface area (Å²) in [4.78, 5) is 11.9. The molecule has 1 saturated carbocycles. The van der Waals surface area contributed by atoms with Crippen molar-refractivity contribution < 1.29 is 9.53 Å². The number of urea groups is 1. The first-order valence-electron chi connectivity index (χ1n) is 8.81. The summed E-state index contributed by atoms with van der Waals surface area (Å²) in [5, 5.41) is 5.98. The first kappa shape index (κ1) is 17.6. The fourth-order valence-corrected chi connectivity index (χ4v) is 3.37. The Morgan fingerprint density at radius 3 is 2.30 bits per heavy atom. The standard InChI is InChI=1S/C19H30N2O2/c1-14-12-15(2)18(16(3)13-14)23-11-10-20-19(22)21-17-8-6-4-5-7-9-17/h12-13,17H,4-11H2,1-3H3,(H2,20,21,22). The van der Waals surface area contributed by atoms with Gasteiger partial charge in [0.05, 0.1) is 6.54 Å². The van der Waals surface area contributed by atoms with Gasteiger partial charge in [-0.1, -0.05) is 43.4 Å². The quantitative estimate of drug-likeness (QED) is 0.636. The van der Waals surface area contributed by atoms with Crippen LogP contribution in [0.15, 0.2) is 12.1 Å². The van der Waals surface area contributed by atoms with Gasteiger partial charge in [0.1, 0.15) is 12.4 Å². The van der Waals surface area contributed by atoms with Crippen LogP contribution in [0.2, 0.25) is 0 Å². The maximum absolute atomic E-state index is 11.9. The molecule has 2 rings (SSSR count). The molecule has 0 aromatic heterocycles. The molecule has 128 valence electrons. The minimum absolute atomic E-state index is 0.0714. The number of aryl methyl sites for hydroxylation is 3. The third-order valence-corrected chi connectivity index (χ3v) is 4.43. The lowest BCUT2D eigenvalue weighted by Gasteiger charge is -2.17. The van der Waals surface area contributed by atoms with E-state index in [0.29, 0.717) is 19.2 Å². The average Bonchev–Trinajstić information content (AvgIpc) is 2.74. The molecule has 0 heterocycles. The number of nitrogens with one attached hydrogen (secondary N) is 2. The summed E-state index contributed by atoms with van der Waals surface area (Å²) in [7, 11) is 0. The highest BCUT2D eigenvalue weighted by Crippen LogP contribution is 2.24. The van der Waals surface area contributed by atoms with Crippen molar-refractivity contribution in [3.8, 4) is 5.75 Å². The Kier molecular flexibility index (Phi) is 6.75. The lowest BCUT2D eigenvalue weighted by molar-refractivity contribution is 0.231. The fourth-order valence-electron chi connectivity index (χ4n) is 3.37. The molecule has 0 bridgehead atoms. The molecule has 0 spiro atoms. The molecular formula is C19H30N2O2.